The van der Waals surface area contributed by atoms with Crippen molar-refractivity contribution in [3.05, 3.63) is 72.4 Å². The molecule has 3 aromatic rings. The number of nitrogens with one attached hydrogen (secondary N) is 2. The van der Waals surface area contributed by atoms with E-state index in [1.165, 1.54) is 6.08 Å². The molecule has 0 aliphatic carbocycles. The lowest BCUT2D eigenvalue weighted by Gasteiger charge is -2.19. The molecule has 2 N–H and O–H groups in total. The molecule has 0 spiro atoms. The van der Waals surface area contributed by atoms with Crippen molar-refractivity contribution in [1.82, 2.24) is 20.4 Å². The molecule has 2 amide bonds. The third-order valence-electron chi connectivity index (χ3n) is 4.89. The van der Waals surface area contributed by atoms with E-state index in [1.54, 1.807) is 10.7 Å². The minimum Gasteiger partial charge on any atom is -0.478 e. The van der Waals surface area contributed by atoms with Gasteiger partial charge in [0.15, 0.2) is 5.69 Å². The molecule has 2 aromatic carbocycles. The van der Waals surface area contributed by atoms with Crippen molar-refractivity contribution in [1.29, 1.82) is 0 Å². The number of hydrogen-bond donors (Lipinski definition) is 2. The minimum absolute atomic E-state index is 0.235. The Bertz CT molecular complexity index is 1050. The van der Waals surface area contributed by atoms with Gasteiger partial charge in [0.2, 0.25) is 11.8 Å². The molecule has 1 aromatic heterocycles. The number of ether oxygens (including phenoxy) is 1. The maximum atomic E-state index is 12.8. The van der Waals surface area contributed by atoms with E-state index in [4.69, 9.17) is 4.74 Å². The Kier molecular flexibility index (Phi) is 5.29. The molecule has 7 heteroatoms. The molecular formula is C22H22N4O3. The topological polar surface area (TPSA) is 85.3 Å². The molecule has 29 heavy (non-hydrogen) atoms. The molecule has 0 bridgehead atoms. The molecule has 0 saturated heterocycles. The number of amides is 2. The third-order valence-corrected chi connectivity index (χ3v) is 4.89. The first-order valence-electron chi connectivity index (χ1n) is 9.54. The van der Waals surface area contributed by atoms with Crippen molar-refractivity contribution < 1.29 is 14.3 Å². The van der Waals surface area contributed by atoms with Crippen molar-refractivity contribution >= 4 is 22.6 Å². The molecule has 7 nitrogen and oxygen atoms in total. The summed E-state index contributed by atoms with van der Waals surface area (Å²) in [5.74, 6) is -0.0129. The van der Waals surface area contributed by atoms with Crippen LogP contribution in [-0.4, -0.2) is 34.7 Å². The normalized spacial score (nSPS) is 13.8. The van der Waals surface area contributed by atoms with E-state index >= 15 is 0 Å². The van der Waals surface area contributed by atoms with Crippen LogP contribution in [0, 0.1) is 0 Å². The zero-order valence-electron chi connectivity index (χ0n) is 15.9. The summed E-state index contributed by atoms with van der Waals surface area (Å²) in [7, 11) is 0. The van der Waals surface area contributed by atoms with E-state index < -0.39 is 6.04 Å². The second-order valence-electron chi connectivity index (χ2n) is 6.87. The summed E-state index contributed by atoms with van der Waals surface area (Å²) in [6, 6.07) is 15.2. The first-order valence-corrected chi connectivity index (χ1v) is 9.54. The Labute approximate surface area is 168 Å². The Hall–Kier alpha value is -3.61. The van der Waals surface area contributed by atoms with E-state index in [2.05, 4.69) is 22.3 Å². The SMILES string of the molecule is C=CC(=O)NCC(NC(=O)c1cc2n(n1)CCCO2)c1ccc2ccccc2c1. The maximum absolute atomic E-state index is 12.8. The summed E-state index contributed by atoms with van der Waals surface area (Å²) in [5.41, 5.74) is 1.18. The lowest BCUT2D eigenvalue weighted by Crippen LogP contribution is -2.37. The molecule has 0 fully saturated rings. The fraction of sp³-hybridized carbons (Fsp3) is 0.227. The number of aromatic nitrogens is 2. The van der Waals surface area contributed by atoms with Gasteiger partial charge in [0, 0.05) is 25.6 Å². The van der Waals surface area contributed by atoms with Crippen LogP contribution in [0.2, 0.25) is 0 Å². The predicted octanol–water partition coefficient (Wildman–Crippen LogP) is 2.59. The Morgan fingerprint density at radius 3 is 2.83 bits per heavy atom. The van der Waals surface area contributed by atoms with Crippen LogP contribution in [0.4, 0.5) is 0 Å². The standard InChI is InChI=1S/C22H22N4O3/c1-2-20(27)23-14-19(17-9-8-15-6-3-4-7-16(15)12-17)24-22(28)18-13-21-26(25-18)10-5-11-29-21/h2-4,6-9,12-13,19H,1,5,10-11,14H2,(H,23,27)(H,24,28). The second kappa shape index (κ2) is 8.18. The quantitative estimate of drug-likeness (QED) is 0.634. The highest BCUT2D eigenvalue weighted by Gasteiger charge is 2.21. The van der Waals surface area contributed by atoms with E-state index in [1.807, 2.05) is 42.5 Å². The summed E-state index contributed by atoms with van der Waals surface area (Å²) >= 11 is 0. The number of rotatable bonds is 6. The summed E-state index contributed by atoms with van der Waals surface area (Å²) in [5, 5.41) is 12.2. The summed E-state index contributed by atoms with van der Waals surface area (Å²) in [4.78, 5) is 24.5. The number of aryl methyl sites for hydroxylation is 1. The molecule has 0 radical (unpaired) electrons. The second-order valence-corrected chi connectivity index (χ2v) is 6.87. The monoisotopic (exact) mass is 390 g/mol. The fourth-order valence-corrected chi connectivity index (χ4v) is 3.36. The zero-order chi connectivity index (χ0) is 20.2. The van der Waals surface area contributed by atoms with E-state index in [0.29, 0.717) is 18.2 Å². The molecule has 1 aliphatic rings. The van der Waals surface area contributed by atoms with Gasteiger partial charge in [-0.1, -0.05) is 43.0 Å². The molecule has 1 unspecified atom stereocenters. The lowest BCUT2D eigenvalue weighted by atomic mass is 10.0. The smallest absolute Gasteiger partial charge is 0.272 e. The average molecular weight is 390 g/mol. The average Bonchev–Trinajstić information content (AvgIpc) is 3.20. The molecule has 4 rings (SSSR count). The molecule has 1 atom stereocenters. The van der Waals surface area contributed by atoms with Crippen molar-refractivity contribution in [3.63, 3.8) is 0 Å². The largest absolute Gasteiger partial charge is 0.478 e. The van der Waals surface area contributed by atoms with Crippen LogP contribution in [-0.2, 0) is 11.3 Å². The third kappa shape index (κ3) is 4.13. The van der Waals surface area contributed by atoms with Gasteiger partial charge in [0.1, 0.15) is 0 Å². The highest BCUT2D eigenvalue weighted by Crippen LogP contribution is 2.22. The van der Waals surface area contributed by atoms with Crippen molar-refractivity contribution in [3.8, 4) is 5.88 Å². The maximum Gasteiger partial charge on any atom is 0.272 e. The van der Waals surface area contributed by atoms with Crippen LogP contribution < -0.4 is 15.4 Å². The lowest BCUT2D eigenvalue weighted by molar-refractivity contribution is -0.116. The number of benzene rings is 2. The van der Waals surface area contributed by atoms with Gasteiger partial charge in [-0.15, -0.1) is 0 Å². The van der Waals surface area contributed by atoms with Gasteiger partial charge in [-0.05, 0) is 28.5 Å². The van der Waals surface area contributed by atoms with Gasteiger partial charge < -0.3 is 15.4 Å². The van der Waals surface area contributed by atoms with Crippen LogP contribution in [0.3, 0.4) is 0 Å². The molecular weight excluding hydrogens is 368 g/mol. The van der Waals surface area contributed by atoms with E-state index in [0.717, 1.165) is 29.3 Å². The number of nitrogens with zero attached hydrogens (tertiary/aromatic N) is 2. The number of hydrogen-bond acceptors (Lipinski definition) is 4. The van der Waals surface area contributed by atoms with Gasteiger partial charge in [-0.2, -0.15) is 5.10 Å². The molecule has 1 aliphatic heterocycles. The molecule has 148 valence electrons. The Balaban J connectivity index is 1.58. The van der Waals surface area contributed by atoms with Crippen molar-refractivity contribution in [2.75, 3.05) is 13.2 Å². The van der Waals surface area contributed by atoms with Crippen LogP contribution >= 0.6 is 0 Å². The zero-order valence-corrected chi connectivity index (χ0v) is 15.9. The highest BCUT2D eigenvalue weighted by atomic mass is 16.5. The fourth-order valence-electron chi connectivity index (χ4n) is 3.36. The Morgan fingerprint density at radius 1 is 1.21 bits per heavy atom. The van der Waals surface area contributed by atoms with Gasteiger partial charge in [0.25, 0.3) is 5.91 Å². The van der Waals surface area contributed by atoms with Crippen molar-refractivity contribution in [2.45, 2.75) is 19.0 Å². The van der Waals surface area contributed by atoms with Gasteiger partial charge in [0.05, 0.1) is 12.6 Å². The van der Waals surface area contributed by atoms with E-state index in [-0.39, 0.29) is 18.4 Å². The number of fused-ring (bicyclic) bond motifs is 2. The van der Waals surface area contributed by atoms with Crippen LogP contribution in [0.15, 0.2) is 61.2 Å². The summed E-state index contributed by atoms with van der Waals surface area (Å²) in [6.07, 6.45) is 2.07. The van der Waals surface area contributed by atoms with E-state index in [9.17, 15) is 9.59 Å². The van der Waals surface area contributed by atoms with Crippen LogP contribution in [0.25, 0.3) is 10.8 Å². The van der Waals surface area contributed by atoms with Gasteiger partial charge in [-0.3, -0.25) is 9.59 Å². The minimum atomic E-state index is -0.421. The predicted molar refractivity (Wildman–Crippen MR) is 110 cm³/mol. The molecule has 2 heterocycles. The summed E-state index contributed by atoms with van der Waals surface area (Å²) in [6.45, 7) is 5.06. The first-order chi connectivity index (χ1) is 14.1. The number of carbonyl (C=O) groups is 2. The van der Waals surface area contributed by atoms with Gasteiger partial charge in [-0.25, -0.2) is 4.68 Å². The first kappa shape index (κ1) is 18.7. The molecule has 0 saturated carbocycles. The highest BCUT2D eigenvalue weighted by molar-refractivity contribution is 5.93. The van der Waals surface area contributed by atoms with Crippen molar-refractivity contribution in [2.24, 2.45) is 0 Å². The Morgan fingerprint density at radius 2 is 2.03 bits per heavy atom. The van der Waals surface area contributed by atoms with Gasteiger partial charge >= 0.3 is 0 Å². The summed E-state index contributed by atoms with van der Waals surface area (Å²) < 4.78 is 7.24. The van der Waals surface area contributed by atoms with Crippen LogP contribution in [0.5, 0.6) is 5.88 Å². The number of carbonyl (C=O) groups excluding carboxylic acids is 2. The van der Waals surface area contributed by atoms with Crippen LogP contribution in [0.1, 0.15) is 28.5 Å².